The third-order valence-electron chi connectivity index (χ3n) is 3.35. The topological polar surface area (TPSA) is 56.7 Å². The monoisotopic (exact) mass is 278 g/mol. The van der Waals surface area contributed by atoms with Crippen LogP contribution < -0.4 is 5.73 Å². The highest BCUT2D eigenvalue weighted by Crippen LogP contribution is 2.19. The number of nitrogens with zero attached hydrogens (tertiary/aromatic N) is 3. The quantitative estimate of drug-likeness (QED) is 0.790. The van der Waals surface area contributed by atoms with Crippen molar-refractivity contribution in [3.63, 3.8) is 0 Å². The van der Waals surface area contributed by atoms with E-state index in [0.717, 1.165) is 29.7 Å². The molecule has 0 aliphatic heterocycles. The van der Waals surface area contributed by atoms with Gasteiger partial charge in [0.15, 0.2) is 5.65 Å². The molecule has 5 heteroatoms. The van der Waals surface area contributed by atoms with Gasteiger partial charge in [0.2, 0.25) is 5.95 Å². The Balaban J connectivity index is 1.97. The van der Waals surface area contributed by atoms with Crippen LogP contribution in [0.3, 0.4) is 0 Å². The van der Waals surface area contributed by atoms with Gasteiger partial charge in [-0.05, 0) is 43.4 Å². The van der Waals surface area contributed by atoms with Crippen LogP contribution in [0.1, 0.15) is 31.2 Å². The zero-order chi connectivity index (χ0) is 13.7. The number of pyridine rings is 1. The number of hydrogen-bond donors (Lipinski definition) is 1. The Morgan fingerprint density at radius 2 is 2.05 bits per heavy atom. The van der Waals surface area contributed by atoms with Crippen LogP contribution in [0.2, 0.25) is 0 Å². The van der Waals surface area contributed by atoms with E-state index in [2.05, 4.69) is 16.2 Å². The Hall–Kier alpha value is -1.23. The predicted octanol–water partition coefficient (Wildman–Crippen LogP) is 3.25. The molecule has 0 saturated heterocycles. The van der Waals surface area contributed by atoms with E-state index in [1.54, 1.807) is 0 Å². The Labute approximate surface area is 118 Å². The highest BCUT2D eigenvalue weighted by molar-refractivity contribution is 7.98. The number of rotatable bonds is 7. The molecule has 0 atom stereocenters. The van der Waals surface area contributed by atoms with E-state index in [-0.39, 0.29) is 0 Å². The van der Waals surface area contributed by atoms with Crippen molar-refractivity contribution in [3.8, 4) is 0 Å². The van der Waals surface area contributed by atoms with Gasteiger partial charge in [0.25, 0.3) is 0 Å². The van der Waals surface area contributed by atoms with Gasteiger partial charge in [-0.1, -0.05) is 12.8 Å². The summed E-state index contributed by atoms with van der Waals surface area (Å²) in [4.78, 5) is 8.82. The van der Waals surface area contributed by atoms with Crippen molar-refractivity contribution < 1.29 is 0 Å². The number of aryl methyl sites for hydroxylation is 2. The summed E-state index contributed by atoms with van der Waals surface area (Å²) >= 11 is 1.92. The Morgan fingerprint density at radius 3 is 2.84 bits per heavy atom. The molecule has 2 rings (SSSR count). The van der Waals surface area contributed by atoms with E-state index < -0.39 is 0 Å². The van der Waals surface area contributed by atoms with Gasteiger partial charge < -0.3 is 5.73 Å². The van der Waals surface area contributed by atoms with Crippen LogP contribution in [0.5, 0.6) is 0 Å². The lowest BCUT2D eigenvalue weighted by molar-refractivity contribution is 0.595. The largest absolute Gasteiger partial charge is 0.369 e. The van der Waals surface area contributed by atoms with Crippen LogP contribution >= 0.6 is 11.8 Å². The van der Waals surface area contributed by atoms with Gasteiger partial charge in [-0.2, -0.15) is 11.8 Å². The standard InChI is InChI=1S/C14H22N4S/c1-11-7-8-16-13-12(11)17-14(15)18(13)9-5-3-4-6-10-19-2/h7-8H,3-6,9-10H2,1-2H3,(H2,15,17). The van der Waals surface area contributed by atoms with Crippen molar-refractivity contribution in [2.45, 2.75) is 39.2 Å². The van der Waals surface area contributed by atoms with Gasteiger partial charge in [-0.3, -0.25) is 4.57 Å². The molecule has 0 amide bonds. The molecule has 0 bridgehead atoms. The number of aromatic nitrogens is 3. The summed E-state index contributed by atoms with van der Waals surface area (Å²) in [5.41, 5.74) is 8.98. The first-order valence-corrected chi connectivity index (χ1v) is 8.19. The molecule has 2 N–H and O–H groups in total. The maximum absolute atomic E-state index is 5.99. The lowest BCUT2D eigenvalue weighted by Gasteiger charge is -2.05. The summed E-state index contributed by atoms with van der Waals surface area (Å²) in [6, 6.07) is 1.97. The molecule has 2 heterocycles. The molecule has 104 valence electrons. The summed E-state index contributed by atoms with van der Waals surface area (Å²) in [7, 11) is 0. The lowest BCUT2D eigenvalue weighted by atomic mass is 10.2. The van der Waals surface area contributed by atoms with Gasteiger partial charge in [0, 0.05) is 12.7 Å². The Kier molecular flexibility index (Phi) is 5.07. The molecular weight excluding hydrogens is 256 g/mol. The van der Waals surface area contributed by atoms with E-state index in [9.17, 15) is 0 Å². The van der Waals surface area contributed by atoms with Crippen molar-refractivity contribution in [2.24, 2.45) is 0 Å². The fraction of sp³-hybridized carbons (Fsp3) is 0.571. The Bertz CT molecular complexity index is 535. The molecule has 2 aromatic rings. The molecule has 4 nitrogen and oxygen atoms in total. The van der Waals surface area contributed by atoms with Crippen molar-refractivity contribution in [1.82, 2.24) is 14.5 Å². The van der Waals surface area contributed by atoms with Crippen LogP contribution in [0.25, 0.3) is 11.2 Å². The third-order valence-corrected chi connectivity index (χ3v) is 4.04. The van der Waals surface area contributed by atoms with Crippen LogP contribution in [-0.2, 0) is 6.54 Å². The fourth-order valence-electron chi connectivity index (χ4n) is 2.25. The van der Waals surface area contributed by atoms with E-state index in [4.69, 9.17) is 5.73 Å². The van der Waals surface area contributed by atoms with Crippen LogP contribution in [0, 0.1) is 6.92 Å². The minimum absolute atomic E-state index is 0.584. The number of nitrogens with two attached hydrogens (primary N) is 1. The maximum Gasteiger partial charge on any atom is 0.202 e. The minimum atomic E-state index is 0.584. The normalized spacial score (nSPS) is 11.3. The number of imidazole rings is 1. The molecule has 0 spiro atoms. The molecule has 0 saturated carbocycles. The van der Waals surface area contributed by atoms with E-state index in [0.29, 0.717) is 5.95 Å². The van der Waals surface area contributed by atoms with Crippen LogP contribution in [0.15, 0.2) is 12.3 Å². The van der Waals surface area contributed by atoms with Gasteiger partial charge >= 0.3 is 0 Å². The summed E-state index contributed by atoms with van der Waals surface area (Å²) in [5, 5.41) is 0. The molecule has 0 aliphatic rings. The average molecular weight is 278 g/mol. The average Bonchev–Trinajstić information content (AvgIpc) is 2.72. The number of thioether (sulfide) groups is 1. The van der Waals surface area contributed by atoms with Crippen molar-refractivity contribution in [1.29, 1.82) is 0 Å². The highest BCUT2D eigenvalue weighted by Gasteiger charge is 2.10. The number of hydrogen-bond acceptors (Lipinski definition) is 4. The summed E-state index contributed by atoms with van der Waals surface area (Å²) in [6.07, 6.45) is 8.96. The van der Waals surface area contributed by atoms with Crippen LogP contribution in [-0.4, -0.2) is 26.5 Å². The molecular formula is C14H22N4S. The summed E-state index contributed by atoms with van der Waals surface area (Å²) in [5.74, 6) is 1.84. The second-order valence-corrected chi connectivity index (χ2v) is 5.81. The maximum atomic E-state index is 5.99. The molecule has 0 radical (unpaired) electrons. The molecule has 0 unspecified atom stereocenters. The Morgan fingerprint density at radius 1 is 1.26 bits per heavy atom. The SMILES string of the molecule is CSCCCCCCn1c(N)nc2c(C)ccnc21. The first-order chi connectivity index (χ1) is 9.24. The lowest BCUT2D eigenvalue weighted by Crippen LogP contribution is -2.04. The van der Waals surface area contributed by atoms with E-state index in [1.807, 2.05) is 35.5 Å². The zero-order valence-electron chi connectivity index (χ0n) is 11.7. The van der Waals surface area contributed by atoms with Crippen molar-refractivity contribution in [2.75, 3.05) is 17.7 Å². The van der Waals surface area contributed by atoms with Crippen LogP contribution in [0.4, 0.5) is 5.95 Å². The van der Waals surface area contributed by atoms with Gasteiger partial charge in [0.05, 0.1) is 0 Å². The molecule has 2 aromatic heterocycles. The number of nitrogen functional groups attached to an aromatic ring is 1. The highest BCUT2D eigenvalue weighted by atomic mass is 32.2. The molecule has 0 aromatic carbocycles. The predicted molar refractivity (Wildman–Crippen MR) is 83.5 cm³/mol. The van der Waals surface area contributed by atoms with Gasteiger partial charge in [0.1, 0.15) is 5.52 Å². The number of fused-ring (bicyclic) bond motifs is 1. The summed E-state index contributed by atoms with van der Waals surface area (Å²) in [6.45, 7) is 2.96. The van der Waals surface area contributed by atoms with Gasteiger partial charge in [-0.15, -0.1) is 0 Å². The minimum Gasteiger partial charge on any atom is -0.369 e. The number of unbranched alkanes of at least 4 members (excludes halogenated alkanes) is 3. The first kappa shape index (κ1) is 14.2. The summed E-state index contributed by atoms with van der Waals surface area (Å²) < 4.78 is 2.04. The van der Waals surface area contributed by atoms with Gasteiger partial charge in [-0.25, -0.2) is 9.97 Å². The first-order valence-electron chi connectivity index (χ1n) is 6.80. The second kappa shape index (κ2) is 6.80. The fourth-order valence-corrected chi connectivity index (χ4v) is 2.74. The third kappa shape index (κ3) is 3.41. The number of anilines is 1. The smallest absolute Gasteiger partial charge is 0.202 e. The van der Waals surface area contributed by atoms with Crippen molar-refractivity contribution >= 4 is 28.9 Å². The molecule has 0 fully saturated rings. The van der Waals surface area contributed by atoms with Crippen molar-refractivity contribution in [3.05, 3.63) is 17.8 Å². The second-order valence-electron chi connectivity index (χ2n) is 4.83. The van der Waals surface area contributed by atoms with E-state index >= 15 is 0 Å². The molecule has 0 aliphatic carbocycles. The molecule has 19 heavy (non-hydrogen) atoms. The zero-order valence-corrected chi connectivity index (χ0v) is 12.5. The van der Waals surface area contributed by atoms with E-state index in [1.165, 1.54) is 25.0 Å².